The molecule has 6 nitrogen and oxygen atoms in total. The molecule has 0 unspecified atom stereocenters. The summed E-state index contributed by atoms with van der Waals surface area (Å²) in [6.45, 7) is 2.13. The molecule has 0 aromatic heterocycles. The first-order valence-corrected chi connectivity index (χ1v) is 4.34. The minimum atomic E-state index is -0.702. The number of ether oxygens (including phenoxy) is 1. The highest BCUT2D eigenvalue weighted by Gasteiger charge is 2.16. The number of carbonyl (C=O) groups excluding carboxylic acids is 1. The van der Waals surface area contributed by atoms with Crippen LogP contribution < -0.4 is 10.1 Å². The third-order valence-corrected chi connectivity index (χ3v) is 1.59. The Hall–Kier alpha value is -2.11. The van der Waals surface area contributed by atoms with Crippen molar-refractivity contribution in [2.75, 3.05) is 6.54 Å². The fraction of sp³-hybridized carbons (Fsp3) is 0.222. The van der Waals surface area contributed by atoms with E-state index < -0.39 is 11.0 Å². The minimum absolute atomic E-state index is 0.0616. The normalized spacial score (nSPS) is 9.40. The first kappa shape index (κ1) is 11.0. The second kappa shape index (κ2) is 4.94. The number of carbonyl (C=O) groups is 1. The molecule has 0 aliphatic heterocycles. The molecule has 0 saturated heterocycles. The molecule has 80 valence electrons. The highest BCUT2D eigenvalue weighted by Crippen LogP contribution is 2.25. The molecule has 0 radical (unpaired) electrons. The number of nitrogens with one attached hydrogen (secondary N) is 1. The Kier molecular flexibility index (Phi) is 3.61. The van der Waals surface area contributed by atoms with E-state index in [1.54, 1.807) is 13.0 Å². The molecular formula is C9H10N2O4. The summed E-state index contributed by atoms with van der Waals surface area (Å²) in [6.07, 6.45) is -0.702. The van der Waals surface area contributed by atoms with Crippen LogP contribution in [0.25, 0.3) is 0 Å². The van der Waals surface area contributed by atoms with E-state index in [-0.39, 0.29) is 11.4 Å². The maximum absolute atomic E-state index is 11.0. The minimum Gasteiger partial charge on any atom is -0.403 e. The lowest BCUT2D eigenvalue weighted by molar-refractivity contribution is -0.385. The van der Waals surface area contributed by atoms with E-state index in [0.29, 0.717) is 6.54 Å². The first-order valence-electron chi connectivity index (χ1n) is 4.34. The molecule has 1 amide bonds. The third kappa shape index (κ3) is 2.94. The molecule has 0 aliphatic carbocycles. The zero-order chi connectivity index (χ0) is 11.3. The lowest BCUT2D eigenvalue weighted by atomic mass is 10.3. The molecule has 0 aliphatic rings. The number of nitrogens with zero attached hydrogens (tertiary/aromatic N) is 1. The van der Waals surface area contributed by atoms with Crippen LogP contribution >= 0.6 is 0 Å². The molecule has 1 rings (SSSR count). The maximum Gasteiger partial charge on any atom is 0.412 e. The summed E-state index contributed by atoms with van der Waals surface area (Å²) in [4.78, 5) is 21.0. The van der Waals surface area contributed by atoms with Crippen LogP contribution in [-0.4, -0.2) is 17.6 Å². The fourth-order valence-corrected chi connectivity index (χ4v) is 0.975. The molecule has 0 saturated carbocycles. The summed E-state index contributed by atoms with van der Waals surface area (Å²) >= 11 is 0. The predicted molar refractivity (Wildman–Crippen MR) is 52.8 cm³/mol. The predicted octanol–water partition coefficient (Wildman–Crippen LogP) is 1.70. The molecular weight excluding hydrogens is 200 g/mol. The second-order valence-electron chi connectivity index (χ2n) is 2.64. The SMILES string of the molecule is CCNC(=O)Oc1ccccc1[N+](=O)[O-]. The zero-order valence-corrected chi connectivity index (χ0v) is 8.10. The van der Waals surface area contributed by atoms with E-state index in [9.17, 15) is 14.9 Å². The smallest absolute Gasteiger partial charge is 0.403 e. The Bertz CT molecular complexity index is 378. The number of amides is 1. The zero-order valence-electron chi connectivity index (χ0n) is 8.10. The van der Waals surface area contributed by atoms with Gasteiger partial charge in [0.05, 0.1) is 4.92 Å². The van der Waals surface area contributed by atoms with Crippen molar-refractivity contribution >= 4 is 11.8 Å². The lowest BCUT2D eigenvalue weighted by Crippen LogP contribution is -2.26. The molecule has 0 fully saturated rings. The third-order valence-electron chi connectivity index (χ3n) is 1.59. The van der Waals surface area contributed by atoms with Gasteiger partial charge in [-0.2, -0.15) is 0 Å². The summed E-state index contributed by atoms with van der Waals surface area (Å²) in [5, 5.41) is 12.9. The molecule has 0 spiro atoms. The van der Waals surface area contributed by atoms with Crippen molar-refractivity contribution in [3.05, 3.63) is 34.4 Å². The molecule has 1 aromatic carbocycles. The van der Waals surface area contributed by atoms with Crippen LogP contribution in [0, 0.1) is 10.1 Å². The number of rotatable bonds is 3. The molecule has 0 heterocycles. The highest BCUT2D eigenvalue weighted by atomic mass is 16.6. The summed E-state index contributed by atoms with van der Waals surface area (Å²) in [5.74, 6) is -0.0616. The van der Waals surface area contributed by atoms with Crippen molar-refractivity contribution in [1.82, 2.24) is 5.32 Å². The topological polar surface area (TPSA) is 81.5 Å². The highest BCUT2D eigenvalue weighted by molar-refractivity contribution is 5.71. The lowest BCUT2D eigenvalue weighted by Gasteiger charge is -2.04. The van der Waals surface area contributed by atoms with Gasteiger partial charge in [0.15, 0.2) is 0 Å². The Morgan fingerprint density at radius 3 is 2.80 bits per heavy atom. The van der Waals surface area contributed by atoms with Gasteiger partial charge in [0.1, 0.15) is 0 Å². The van der Waals surface area contributed by atoms with Gasteiger partial charge < -0.3 is 10.1 Å². The number of hydrogen-bond acceptors (Lipinski definition) is 4. The van der Waals surface area contributed by atoms with Crippen LogP contribution in [0.2, 0.25) is 0 Å². The molecule has 0 bridgehead atoms. The van der Waals surface area contributed by atoms with Crippen LogP contribution in [0.1, 0.15) is 6.92 Å². The summed E-state index contributed by atoms with van der Waals surface area (Å²) in [7, 11) is 0. The summed E-state index contributed by atoms with van der Waals surface area (Å²) in [6, 6.07) is 5.70. The van der Waals surface area contributed by atoms with Crippen LogP contribution in [0.5, 0.6) is 5.75 Å². The second-order valence-corrected chi connectivity index (χ2v) is 2.64. The van der Waals surface area contributed by atoms with Gasteiger partial charge in [0.25, 0.3) is 0 Å². The molecule has 0 atom stereocenters. The van der Waals surface area contributed by atoms with Gasteiger partial charge in [-0.15, -0.1) is 0 Å². The molecule has 15 heavy (non-hydrogen) atoms. The molecule has 1 N–H and O–H groups in total. The van der Waals surface area contributed by atoms with E-state index in [0.717, 1.165) is 0 Å². The van der Waals surface area contributed by atoms with E-state index in [1.165, 1.54) is 18.2 Å². The number of nitro benzene ring substituents is 1. The van der Waals surface area contributed by atoms with E-state index in [4.69, 9.17) is 4.74 Å². The quantitative estimate of drug-likeness (QED) is 0.608. The summed E-state index contributed by atoms with van der Waals surface area (Å²) < 4.78 is 4.76. The number of hydrogen-bond donors (Lipinski definition) is 1. The van der Waals surface area contributed by atoms with Crippen molar-refractivity contribution in [3.8, 4) is 5.75 Å². The molecule has 6 heteroatoms. The van der Waals surface area contributed by atoms with E-state index >= 15 is 0 Å². The van der Waals surface area contributed by atoms with Crippen LogP contribution in [0.4, 0.5) is 10.5 Å². The van der Waals surface area contributed by atoms with E-state index in [1.807, 2.05) is 0 Å². The molecule has 1 aromatic rings. The number of benzene rings is 1. The maximum atomic E-state index is 11.0. The Morgan fingerprint density at radius 1 is 1.53 bits per heavy atom. The van der Waals surface area contributed by atoms with Crippen LogP contribution in [-0.2, 0) is 0 Å². The largest absolute Gasteiger partial charge is 0.412 e. The van der Waals surface area contributed by atoms with Gasteiger partial charge in [-0.1, -0.05) is 12.1 Å². The average Bonchev–Trinajstić information content (AvgIpc) is 2.18. The Labute approximate surface area is 86.0 Å². The Morgan fingerprint density at radius 2 is 2.20 bits per heavy atom. The van der Waals surface area contributed by atoms with Crippen molar-refractivity contribution in [3.63, 3.8) is 0 Å². The first-order chi connectivity index (χ1) is 7.15. The van der Waals surface area contributed by atoms with E-state index in [2.05, 4.69) is 5.32 Å². The van der Waals surface area contributed by atoms with Gasteiger partial charge in [0, 0.05) is 12.6 Å². The standard InChI is InChI=1S/C9H10N2O4/c1-2-10-9(12)15-8-6-4-3-5-7(8)11(13)14/h3-6H,2H2,1H3,(H,10,12). The van der Waals surface area contributed by atoms with Gasteiger partial charge >= 0.3 is 11.8 Å². The van der Waals surface area contributed by atoms with Gasteiger partial charge in [0.2, 0.25) is 5.75 Å². The van der Waals surface area contributed by atoms with Gasteiger partial charge in [-0.25, -0.2) is 4.79 Å². The fourth-order valence-electron chi connectivity index (χ4n) is 0.975. The summed E-state index contributed by atoms with van der Waals surface area (Å²) in [5.41, 5.74) is -0.233. The van der Waals surface area contributed by atoms with Crippen molar-refractivity contribution < 1.29 is 14.5 Å². The van der Waals surface area contributed by atoms with Crippen molar-refractivity contribution in [1.29, 1.82) is 0 Å². The van der Waals surface area contributed by atoms with Crippen molar-refractivity contribution in [2.45, 2.75) is 6.92 Å². The van der Waals surface area contributed by atoms with Gasteiger partial charge in [-0.3, -0.25) is 10.1 Å². The number of para-hydroxylation sites is 2. The number of nitro groups is 1. The monoisotopic (exact) mass is 210 g/mol. The van der Waals surface area contributed by atoms with Gasteiger partial charge in [-0.05, 0) is 13.0 Å². The Balaban J connectivity index is 2.84. The average molecular weight is 210 g/mol. The van der Waals surface area contributed by atoms with Crippen LogP contribution in [0.3, 0.4) is 0 Å². The van der Waals surface area contributed by atoms with Crippen molar-refractivity contribution in [2.24, 2.45) is 0 Å². The van der Waals surface area contributed by atoms with Crippen LogP contribution in [0.15, 0.2) is 24.3 Å².